The Balaban J connectivity index is 3.45. The Hall–Kier alpha value is -0.0800. The summed E-state index contributed by atoms with van der Waals surface area (Å²) in [6.45, 7) is 9.69. The molecule has 0 radical (unpaired) electrons. The van der Waals surface area contributed by atoms with E-state index in [0.717, 1.165) is 0 Å². The van der Waals surface area contributed by atoms with Crippen LogP contribution in [0.1, 0.15) is 65.2 Å². The van der Waals surface area contributed by atoms with Crippen molar-refractivity contribution in [3.8, 4) is 0 Å². The van der Waals surface area contributed by atoms with Crippen molar-refractivity contribution in [1.82, 2.24) is 10.2 Å². The topological polar surface area (TPSA) is 15.3 Å². The second-order valence-electron chi connectivity index (χ2n) is 5.07. The maximum atomic E-state index is 3.21. The predicted molar refractivity (Wildman–Crippen MR) is 78.7 cm³/mol. The first kappa shape index (κ1) is 16.9. The monoisotopic (exact) mass is 242 g/mol. The summed E-state index contributed by atoms with van der Waals surface area (Å²) >= 11 is 0. The Kier molecular flexibility index (Phi) is 13.9. The molecule has 0 fully saturated rings. The maximum Gasteiger partial charge on any atom is -0.00187 e. The van der Waals surface area contributed by atoms with E-state index in [4.69, 9.17) is 0 Å². The number of nitrogens with one attached hydrogen (secondary N) is 1. The molecule has 0 unspecified atom stereocenters. The third-order valence-electron chi connectivity index (χ3n) is 3.31. The van der Waals surface area contributed by atoms with Crippen molar-refractivity contribution >= 4 is 0 Å². The zero-order valence-corrected chi connectivity index (χ0v) is 12.4. The fraction of sp³-hybridized carbons (Fsp3) is 1.00. The van der Waals surface area contributed by atoms with E-state index < -0.39 is 0 Å². The summed E-state index contributed by atoms with van der Waals surface area (Å²) in [5, 5.41) is 3.21. The lowest BCUT2D eigenvalue weighted by Crippen LogP contribution is -2.27. The Morgan fingerprint density at radius 3 is 1.76 bits per heavy atom. The summed E-state index contributed by atoms with van der Waals surface area (Å²) in [6.07, 6.45) is 10.9. The van der Waals surface area contributed by atoms with E-state index in [1.54, 1.807) is 0 Å². The maximum absolute atomic E-state index is 3.21. The summed E-state index contributed by atoms with van der Waals surface area (Å²) in [5.41, 5.74) is 0. The fourth-order valence-electron chi connectivity index (χ4n) is 2.09. The van der Waals surface area contributed by atoms with Gasteiger partial charge in [-0.25, -0.2) is 0 Å². The van der Waals surface area contributed by atoms with Crippen molar-refractivity contribution in [3.63, 3.8) is 0 Å². The Labute approximate surface area is 109 Å². The molecule has 17 heavy (non-hydrogen) atoms. The molecule has 0 spiro atoms. The molecule has 0 rings (SSSR count). The lowest BCUT2D eigenvalue weighted by molar-refractivity contribution is 0.259. The van der Waals surface area contributed by atoms with Crippen LogP contribution in [0.3, 0.4) is 0 Å². The van der Waals surface area contributed by atoms with Crippen LogP contribution in [0.5, 0.6) is 0 Å². The van der Waals surface area contributed by atoms with E-state index in [1.807, 2.05) is 7.05 Å². The van der Waals surface area contributed by atoms with E-state index in [2.05, 4.69) is 24.1 Å². The predicted octanol–water partition coefficient (Wildman–Crippen LogP) is 3.67. The lowest BCUT2D eigenvalue weighted by atomic mass is 10.1. The van der Waals surface area contributed by atoms with Gasteiger partial charge in [0.15, 0.2) is 0 Å². The van der Waals surface area contributed by atoms with Crippen LogP contribution < -0.4 is 5.32 Å². The van der Waals surface area contributed by atoms with Gasteiger partial charge in [-0.05, 0) is 58.9 Å². The molecule has 1 N–H and O–H groups in total. The standard InChI is InChI=1S/C15H34N2/c1-4-6-13-17(14-7-5-2)15-11-9-8-10-12-16-3/h16H,4-15H2,1-3H3. The van der Waals surface area contributed by atoms with Crippen LogP contribution in [0.2, 0.25) is 0 Å². The highest BCUT2D eigenvalue weighted by Gasteiger charge is 2.02. The Morgan fingerprint density at radius 2 is 1.24 bits per heavy atom. The van der Waals surface area contributed by atoms with Crippen LogP contribution in [-0.2, 0) is 0 Å². The largest absolute Gasteiger partial charge is 0.320 e. The fourth-order valence-corrected chi connectivity index (χ4v) is 2.09. The average Bonchev–Trinajstić information content (AvgIpc) is 2.35. The molecule has 0 saturated carbocycles. The van der Waals surface area contributed by atoms with Crippen molar-refractivity contribution in [1.29, 1.82) is 0 Å². The van der Waals surface area contributed by atoms with Gasteiger partial charge in [0.25, 0.3) is 0 Å². The minimum absolute atomic E-state index is 1.18. The summed E-state index contributed by atoms with van der Waals surface area (Å²) in [5.74, 6) is 0. The highest BCUT2D eigenvalue weighted by Crippen LogP contribution is 2.04. The molecule has 0 bridgehead atoms. The highest BCUT2D eigenvalue weighted by atomic mass is 15.1. The molecule has 0 aromatic rings. The number of unbranched alkanes of at least 4 members (excludes halogenated alkanes) is 5. The van der Waals surface area contributed by atoms with Gasteiger partial charge in [-0.3, -0.25) is 0 Å². The first-order valence-electron chi connectivity index (χ1n) is 7.72. The first-order valence-corrected chi connectivity index (χ1v) is 7.72. The highest BCUT2D eigenvalue weighted by molar-refractivity contribution is 4.58. The zero-order valence-electron chi connectivity index (χ0n) is 12.4. The molecule has 0 aromatic heterocycles. The van der Waals surface area contributed by atoms with E-state index in [0.29, 0.717) is 0 Å². The van der Waals surface area contributed by atoms with Crippen LogP contribution in [-0.4, -0.2) is 38.1 Å². The average molecular weight is 242 g/mol. The van der Waals surface area contributed by atoms with Gasteiger partial charge in [0.1, 0.15) is 0 Å². The smallest absolute Gasteiger partial charge is 0.00187 e. The van der Waals surface area contributed by atoms with Gasteiger partial charge < -0.3 is 10.2 Å². The molecule has 0 aromatic carbocycles. The van der Waals surface area contributed by atoms with Crippen LogP contribution in [0.25, 0.3) is 0 Å². The van der Waals surface area contributed by atoms with Crippen LogP contribution in [0.15, 0.2) is 0 Å². The molecule has 0 saturated heterocycles. The van der Waals surface area contributed by atoms with Gasteiger partial charge in [-0.1, -0.05) is 39.5 Å². The Morgan fingerprint density at radius 1 is 0.706 bits per heavy atom. The molecule has 2 nitrogen and oxygen atoms in total. The van der Waals surface area contributed by atoms with Crippen LogP contribution in [0, 0.1) is 0 Å². The first-order chi connectivity index (χ1) is 8.35. The van der Waals surface area contributed by atoms with Crippen molar-refractivity contribution < 1.29 is 0 Å². The van der Waals surface area contributed by atoms with Crippen molar-refractivity contribution in [2.45, 2.75) is 65.2 Å². The quantitative estimate of drug-likeness (QED) is 0.496. The minimum Gasteiger partial charge on any atom is -0.320 e. The number of hydrogen-bond acceptors (Lipinski definition) is 2. The van der Waals surface area contributed by atoms with Gasteiger partial charge in [0, 0.05) is 0 Å². The third kappa shape index (κ3) is 12.2. The number of nitrogens with zero attached hydrogens (tertiary/aromatic N) is 1. The van der Waals surface area contributed by atoms with E-state index in [9.17, 15) is 0 Å². The summed E-state index contributed by atoms with van der Waals surface area (Å²) in [6, 6.07) is 0. The van der Waals surface area contributed by atoms with E-state index >= 15 is 0 Å². The lowest BCUT2D eigenvalue weighted by Gasteiger charge is -2.21. The zero-order chi connectivity index (χ0) is 12.8. The van der Waals surface area contributed by atoms with Gasteiger partial charge in [0.05, 0.1) is 0 Å². The second-order valence-corrected chi connectivity index (χ2v) is 5.07. The van der Waals surface area contributed by atoms with Crippen molar-refractivity contribution in [3.05, 3.63) is 0 Å². The van der Waals surface area contributed by atoms with Crippen LogP contribution >= 0.6 is 0 Å². The minimum atomic E-state index is 1.18. The van der Waals surface area contributed by atoms with Gasteiger partial charge in [-0.2, -0.15) is 0 Å². The molecule has 0 amide bonds. The van der Waals surface area contributed by atoms with Gasteiger partial charge in [-0.15, -0.1) is 0 Å². The normalized spacial score (nSPS) is 11.3. The SMILES string of the molecule is CCCCN(CCCC)CCCCCCNC. The third-order valence-corrected chi connectivity index (χ3v) is 3.31. The molecular weight excluding hydrogens is 208 g/mol. The molecule has 0 aliphatic heterocycles. The second kappa shape index (κ2) is 14.0. The van der Waals surface area contributed by atoms with E-state index in [1.165, 1.54) is 77.5 Å². The van der Waals surface area contributed by atoms with Gasteiger partial charge >= 0.3 is 0 Å². The summed E-state index contributed by atoms with van der Waals surface area (Å²) < 4.78 is 0. The number of rotatable bonds is 13. The summed E-state index contributed by atoms with van der Waals surface area (Å²) in [7, 11) is 2.04. The molecule has 0 aliphatic rings. The van der Waals surface area contributed by atoms with Gasteiger partial charge in [0.2, 0.25) is 0 Å². The Bertz CT molecular complexity index is 129. The molecule has 0 heterocycles. The van der Waals surface area contributed by atoms with Crippen LogP contribution in [0.4, 0.5) is 0 Å². The molecule has 2 heteroatoms. The molecule has 0 atom stereocenters. The number of hydrogen-bond donors (Lipinski definition) is 1. The van der Waals surface area contributed by atoms with Crippen molar-refractivity contribution in [2.24, 2.45) is 0 Å². The molecular formula is C15H34N2. The molecule has 104 valence electrons. The molecule has 0 aliphatic carbocycles. The summed E-state index contributed by atoms with van der Waals surface area (Å²) in [4.78, 5) is 2.67. The van der Waals surface area contributed by atoms with E-state index in [-0.39, 0.29) is 0 Å². The van der Waals surface area contributed by atoms with Crippen molar-refractivity contribution in [2.75, 3.05) is 33.2 Å².